The van der Waals surface area contributed by atoms with Gasteiger partial charge in [-0.15, -0.1) is 0 Å². The minimum Gasteiger partial charge on any atom is -0.329 e. The van der Waals surface area contributed by atoms with Gasteiger partial charge in [-0.2, -0.15) is 0 Å². The van der Waals surface area contributed by atoms with Gasteiger partial charge in [0.1, 0.15) is 6.04 Å². The molecule has 2 rings (SSSR count). The topological polar surface area (TPSA) is 40.6 Å². The number of carbonyl (C=O) groups excluding carboxylic acids is 2. The number of amides is 2. The van der Waals surface area contributed by atoms with E-state index in [0.717, 1.165) is 11.3 Å². The number of hydrogen-bond donors (Lipinski definition) is 0. The molecule has 21 heavy (non-hydrogen) atoms. The Balaban J connectivity index is 2.26. The quantitative estimate of drug-likeness (QED) is 0.843. The summed E-state index contributed by atoms with van der Waals surface area (Å²) in [5, 5.41) is 0.608. The number of benzene rings is 1. The second-order valence-electron chi connectivity index (χ2n) is 5.78. The summed E-state index contributed by atoms with van der Waals surface area (Å²) >= 11 is 6.04. The normalized spacial score (nSPS) is 19.3. The van der Waals surface area contributed by atoms with Crippen molar-refractivity contribution in [1.29, 1.82) is 0 Å². The van der Waals surface area contributed by atoms with Gasteiger partial charge in [0.25, 0.3) is 0 Å². The fourth-order valence-corrected chi connectivity index (χ4v) is 2.78. The van der Waals surface area contributed by atoms with Gasteiger partial charge in [0, 0.05) is 29.7 Å². The summed E-state index contributed by atoms with van der Waals surface area (Å²) < 4.78 is 0. The molecular formula is C16H21ClN2O2. The third kappa shape index (κ3) is 3.05. The Morgan fingerprint density at radius 3 is 2.62 bits per heavy atom. The number of rotatable bonds is 2. The minimum absolute atomic E-state index is 0.0262. The lowest BCUT2D eigenvalue weighted by Gasteiger charge is -2.40. The maximum absolute atomic E-state index is 12.6. The number of carbonyl (C=O) groups is 2. The van der Waals surface area contributed by atoms with Gasteiger partial charge in [-0.3, -0.25) is 9.59 Å². The van der Waals surface area contributed by atoms with Gasteiger partial charge >= 0.3 is 0 Å². The molecule has 0 saturated carbocycles. The molecule has 4 nitrogen and oxygen atoms in total. The first-order valence-corrected chi connectivity index (χ1v) is 7.58. The first-order chi connectivity index (χ1) is 9.82. The smallest absolute Gasteiger partial charge is 0.249 e. The van der Waals surface area contributed by atoms with Crippen LogP contribution in [0.4, 0.5) is 5.69 Å². The van der Waals surface area contributed by atoms with Crippen molar-refractivity contribution in [2.75, 3.05) is 18.0 Å². The number of hydrogen-bond acceptors (Lipinski definition) is 2. The van der Waals surface area contributed by atoms with E-state index in [2.05, 4.69) is 0 Å². The zero-order chi connectivity index (χ0) is 15.7. The Hall–Kier alpha value is -1.55. The summed E-state index contributed by atoms with van der Waals surface area (Å²) in [7, 11) is 0. The van der Waals surface area contributed by atoms with Crippen molar-refractivity contribution >= 4 is 29.1 Å². The summed E-state index contributed by atoms with van der Waals surface area (Å²) in [6, 6.07) is 5.09. The largest absolute Gasteiger partial charge is 0.329 e. The van der Waals surface area contributed by atoms with Gasteiger partial charge in [-0.25, -0.2) is 0 Å². The van der Waals surface area contributed by atoms with Crippen LogP contribution in [0.25, 0.3) is 0 Å². The van der Waals surface area contributed by atoms with Crippen molar-refractivity contribution in [2.45, 2.75) is 33.7 Å². The molecular weight excluding hydrogens is 288 g/mol. The van der Waals surface area contributed by atoms with E-state index >= 15 is 0 Å². The first-order valence-electron chi connectivity index (χ1n) is 7.21. The van der Waals surface area contributed by atoms with Gasteiger partial charge in [0.05, 0.1) is 0 Å². The molecule has 1 aromatic carbocycles. The lowest BCUT2D eigenvalue weighted by atomic mass is 10.1. The van der Waals surface area contributed by atoms with Crippen LogP contribution >= 0.6 is 11.6 Å². The molecule has 1 aliphatic heterocycles. The highest BCUT2D eigenvalue weighted by Gasteiger charge is 2.36. The van der Waals surface area contributed by atoms with E-state index in [1.807, 2.05) is 32.9 Å². The minimum atomic E-state index is -0.438. The number of anilines is 1. The predicted octanol–water partition coefficient (Wildman–Crippen LogP) is 2.87. The number of nitrogens with zero attached hydrogens (tertiary/aromatic N) is 2. The molecule has 5 heteroatoms. The van der Waals surface area contributed by atoms with Crippen LogP contribution in [0, 0.1) is 12.8 Å². The van der Waals surface area contributed by atoms with Crippen LogP contribution in [0.5, 0.6) is 0 Å². The fraction of sp³-hybridized carbons (Fsp3) is 0.500. The summed E-state index contributed by atoms with van der Waals surface area (Å²) in [6.07, 6.45) is 0. The molecule has 1 heterocycles. The second-order valence-corrected chi connectivity index (χ2v) is 6.22. The molecule has 0 bridgehead atoms. The highest BCUT2D eigenvalue weighted by molar-refractivity contribution is 6.31. The van der Waals surface area contributed by atoms with Crippen LogP contribution < -0.4 is 4.90 Å². The molecule has 114 valence electrons. The summed E-state index contributed by atoms with van der Waals surface area (Å²) in [4.78, 5) is 28.2. The van der Waals surface area contributed by atoms with Gasteiger partial charge in [-0.05, 0) is 31.5 Å². The fourth-order valence-electron chi connectivity index (χ4n) is 2.62. The molecule has 0 unspecified atom stereocenters. The Morgan fingerprint density at radius 2 is 2.00 bits per heavy atom. The number of halogens is 1. The van der Waals surface area contributed by atoms with Gasteiger partial charge in [0.15, 0.2) is 0 Å². The molecule has 0 aliphatic carbocycles. The third-order valence-corrected chi connectivity index (χ3v) is 4.13. The molecule has 0 spiro atoms. The van der Waals surface area contributed by atoms with E-state index in [-0.39, 0.29) is 17.7 Å². The van der Waals surface area contributed by atoms with E-state index in [0.29, 0.717) is 18.1 Å². The van der Waals surface area contributed by atoms with Crippen molar-refractivity contribution < 1.29 is 9.59 Å². The summed E-state index contributed by atoms with van der Waals surface area (Å²) in [6.45, 7) is 8.50. The molecule has 1 saturated heterocycles. The van der Waals surface area contributed by atoms with Crippen LogP contribution in [-0.2, 0) is 9.59 Å². The van der Waals surface area contributed by atoms with E-state index in [1.54, 1.807) is 22.8 Å². The maximum Gasteiger partial charge on any atom is 0.249 e. The highest BCUT2D eigenvalue weighted by Crippen LogP contribution is 2.27. The first kappa shape index (κ1) is 15.8. The van der Waals surface area contributed by atoms with Crippen LogP contribution in [-0.4, -0.2) is 35.8 Å². The molecule has 1 aromatic rings. The monoisotopic (exact) mass is 308 g/mol. The van der Waals surface area contributed by atoms with Crippen molar-refractivity contribution in [1.82, 2.24) is 4.90 Å². The van der Waals surface area contributed by atoms with E-state index in [9.17, 15) is 9.59 Å². The second kappa shape index (κ2) is 6.06. The molecule has 1 aliphatic rings. The summed E-state index contributed by atoms with van der Waals surface area (Å²) in [5.74, 6) is -0.126. The highest BCUT2D eigenvalue weighted by atomic mass is 35.5. The lowest BCUT2D eigenvalue weighted by molar-refractivity contribution is -0.143. The van der Waals surface area contributed by atoms with Crippen LogP contribution in [0.3, 0.4) is 0 Å². The van der Waals surface area contributed by atoms with Crippen molar-refractivity contribution in [3.63, 3.8) is 0 Å². The average Bonchev–Trinajstić information content (AvgIpc) is 2.44. The zero-order valence-electron chi connectivity index (χ0n) is 12.9. The maximum atomic E-state index is 12.6. The Labute approximate surface area is 130 Å². The van der Waals surface area contributed by atoms with E-state index in [1.165, 1.54) is 0 Å². The average molecular weight is 309 g/mol. The summed E-state index contributed by atoms with van der Waals surface area (Å²) in [5.41, 5.74) is 1.83. The van der Waals surface area contributed by atoms with Crippen LogP contribution in [0.1, 0.15) is 26.3 Å². The van der Waals surface area contributed by atoms with Gasteiger partial charge in [0.2, 0.25) is 11.8 Å². The Bertz CT molecular complexity index is 571. The van der Waals surface area contributed by atoms with E-state index < -0.39 is 6.04 Å². The standard InChI is InChI=1S/C16H21ClN2O2/c1-10(2)15(20)18-7-8-19(16(21)12(18)4)14-9-13(17)6-5-11(14)3/h5-6,9-10,12H,7-8H2,1-4H3/t12-/m0/s1. The molecule has 0 radical (unpaired) electrons. The molecule has 2 amide bonds. The Kier molecular flexibility index (Phi) is 4.57. The number of aryl methyl sites for hydroxylation is 1. The molecule has 1 fully saturated rings. The number of piperazine rings is 1. The van der Waals surface area contributed by atoms with Crippen molar-refractivity contribution in [3.8, 4) is 0 Å². The van der Waals surface area contributed by atoms with Crippen molar-refractivity contribution in [3.05, 3.63) is 28.8 Å². The van der Waals surface area contributed by atoms with Gasteiger partial charge in [-0.1, -0.05) is 31.5 Å². The Morgan fingerprint density at radius 1 is 1.33 bits per heavy atom. The van der Waals surface area contributed by atoms with Crippen LogP contribution in [0.15, 0.2) is 18.2 Å². The molecule has 0 aromatic heterocycles. The zero-order valence-corrected chi connectivity index (χ0v) is 13.6. The SMILES string of the molecule is Cc1ccc(Cl)cc1N1CCN(C(=O)C(C)C)[C@@H](C)C1=O. The van der Waals surface area contributed by atoms with E-state index in [4.69, 9.17) is 11.6 Å². The molecule has 0 N–H and O–H groups in total. The lowest BCUT2D eigenvalue weighted by Crippen LogP contribution is -2.58. The third-order valence-electron chi connectivity index (χ3n) is 3.89. The predicted molar refractivity (Wildman–Crippen MR) is 84.6 cm³/mol. The van der Waals surface area contributed by atoms with Gasteiger partial charge < -0.3 is 9.80 Å². The van der Waals surface area contributed by atoms with Crippen molar-refractivity contribution in [2.24, 2.45) is 5.92 Å². The molecule has 1 atom stereocenters. The van der Waals surface area contributed by atoms with Crippen LogP contribution in [0.2, 0.25) is 5.02 Å².